The van der Waals surface area contributed by atoms with Crippen LogP contribution in [0.3, 0.4) is 0 Å². The predicted octanol–water partition coefficient (Wildman–Crippen LogP) is 4.76. The predicted molar refractivity (Wildman–Crippen MR) is 107 cm³/mol. The molecule has 0 fully saturated rings. The van der Waals surface area contributed by atoms with Gasteiger partial charge in [0, 0.05) is 22.9 Å². The highest BCUT2D eigenvalue weighted by molar-refractivity contribution is 6.05. The molecule has 1 heterocycles. The van der Waals surface area contributed by atoms with Crippen LogP contribution in [-0.4, -0.2) is 25.1 Å². The fourth-order valence-electron chi connectivity index (χ4n) is 2.85. The van der Waals surface area contributed by atoms with Crippen LogP contribution in [0.5, 0.6) is 11.5 Å². The zero-order chi connectivity index (χ0) is 19.5. The molecule has 28 heavy (non-hydrogen) atoms. The van der Waals surface area contributed by atoms with Crippen molar-refractivity contribution in [2.75, 3.05) is 19.5 Å². The van der Waals surface area contributed by atoms with Crippen molar-refractivity contribution in [1.29, 1.82) is 0 Å². The molecular weight excluding hydrogens is 356 g/mol. The monoisotopic (exact) mass is 374 g/mol. The van der Waals surface area contributed by atoms with Crippen LogP contribution in [0, 0.1) is 0 Å². The summed E-state index contributed by atoms with van der Waals surface area (Å²) in [7, 11) is 3.08. The van der Waals surface area contributed by atoms with Crippen molar-refractivity contribution in [3.63, 3.8) is 0 Å². The Balaban J connectivity index is 1.60. The van der Waals surface area contributed by atoms with Gasteiger partial charge in [-0.1, -0.05) is 18.2 Å². The van der Waals surface area contributed by atoms with Crippen LogP contribution in [0.1, 0.15) is 10.4 Å². The van der Waals surface area contributed by atoms with E-state index in [0.29, 0.717) is 39.7 Å². The molecule has 4 rings (SSSR count). The summed E-state index contributed by atoms with van der Waals surface area (Å²) < 4.78 is 16.2. The number of oxazole rings is 1. The Bertz CT molecular complexity index is 1110. The standard InChI is InChI=1S/C22H18N2O4/c1-26-17-10-15(11-18(13-17)27-2)21(25)23-16-8-9-20-19(12-16)24-22(28-20)14-6-4-3-5-7-14/h3-13H,1-2H3,(H,23,25). The van der Waals surface area contributed by atoms with Gasteiger partial charge in [0.2, 0.25) is 5.89 Å². The number of aromatic nitrogens is 1. The maximum absolute atomic E-state index is 12.6. The Morgan fingerprint density at radius 3 is 2.32 bits per heavy atom. The molecule has 140 valence electrons. The van der Waals surface area contributed by atoms with E-state index in [1.165, 1.54) is 0 Å². The van der Waals surface area contributed by atoms with Crippen molar-refractivity contribution in [1.82, 2.24) is 4.98 Å². The largest absolute Gasteiger partial charge is 0.497 e. The number of hydrogen-bond acceptors (Lipinski definition) is 5. The van der Waals surface area contributed by atoms with Gasteiger partial charge in [-0.25, -0.2) is 4.98 Å². The fourth-order valence-corrected chi connectivity index (χ4v) is 2.85. The van der Waals surface area contributed by atoms with Crippen LogP contribution in [0.2, 0.25) is 0 Å². The second kappa shape index (κ2) is 7.44. The first kappa shape index (κ1) is 17.6. The number of anilines is 1. The molecule has 0 radical (unpaired) electrons. The Morgan fingerprint density at radius 1 is 0.929 bits per heavy atom. The number of carbonyl (C=O) groups excluding carboxylic acids is 1. The first-order chi connectivity index (χ1) is 13.7. The van der Waals surface area contributed by atoms with Gasteiger partial charge in [-0.05, 0) is 42.5 Å². The summed E-state index contributed by atoms with van der Waals surface area (Å²) in [6, 6.07) is 20.0. The number of rotatable bonds is 5. The van der Waals surface area contributed by atoms with Crippen LogP contribution < -0.4 is 14.8 Å². The topological polar surface area (TPSA) is 73.6 Å². The average Bonchev–Trinajstić information content (AvgIpc) is 3.17. The lowest BCUT2D eigenvalue weighted by atomic mass is 10.1. The lowest BCUT2D eigenvalue weighted by Crippen LogP contribution is -2.12. The van der Waals surface area contributed by atoms with E-state index in [-0.39, 0.29) is 5.91 Å². The third-order valence-electron chi connectivity index (χ3n) is 4.28. The Kier molecular flexibility index (Phi) is 4.68. The van der Waals surface area contributed by atoms with Gasteiger partial charge < -0.3 is 19.2 Å². The van der Waals surface area contributed by atoms with Gasteiger partial charge in [-0.3, -0.25) is 4.79 Å². The lowest BCUT2D eigenvalue weighted by molar-refractivity contribution is 0.102. The van der Waals surface area contributed by atoms with Crippen LogP contribution in [-0.2, 0) is 0 Å². The van der Waals surface area contributed by atoms with E-state index >= 15 is 0 Å². The van der Waals surface area contributed by atoms with E-state index in [9.17, 15) is 4.79 Å². The molecule has 6 nitrogen and oxygen atoms in total. The van der Waals surface area contributed by atoms with Crippen LogP contribution in [0.15, 0.2) is 71.1 Å². The van der Waals surface area contributed by atoms with Crippen molar-refractivity contribution in [3.8, 4) is 23.0 Å². The van der Waals surface area contributed by atoms with E-state index < -0.39 is 0 Å². The van der Waals surface area contributed by atoms with Crippen LogP contribution >= 0.6 is 0 Å². The smallest absolute Gasteiger partial charge is 0.255 e. The zero-order valence-electron chi connectivity index (χ0n) is 15.4. The summed E-state index contributed by atoms with van der Waals surface area (Å²) in [5.41, 5.74) is 3.26. The Morgan fingerprint density at radius 2 is 1.64 bits per heavy atom. The molecule has 0 spiro atoms. The number of benzene rings is 3. The van der Waals surface area contributed by atoms with Gasteiger partial charge in [0.15, 0.2) is 5.58 Å². The van der Waals surface area contributed by atoms with Gasteiger partial charge in [-0.15, -0.1) is 0 Å². The highest BCUT2D eigenvalue weighted by Crippen LogP contribution is 2.27. The number of nitrogens with zero attached hydrogens (tertiary/aromatic N) is 1. The maximum Gasteiger partial charge on any atom is 0.255 e. The second-order valence-electron chi connectivity index (χ2n) is 6.12. The molecule has 0 aliphatic heterocycles. The van der Waals surface area contributed by atoms with Crippen LogP contribution in [0.4, 0.5) is 5.69 Å². The fraction of sp³-hybridized carbons (Fsp3) is 0.0909. The first-order valence-corrected chi connectivity index (χ1v) is 8.67. The van der Waals surface area contributed by atoms with Crippen molar-refractivity contribution in [3.05, 3.63) is 72.3 Å². The van der Waals surface area contributed by atoms with E-state index in [1.807, 2.05) is 30.3 Å². The molecule has 0 saturated heterocycles. The van der Waals surface area contributed by atoms with E-state index in [2.05, 4.69) is 10.3 Å². The van der Waals surface area contributed by atoms with E-state index in [1.54, 1.807) is 50.6 Å². The normalized spacial score (nSPS) is 10.6. The highest BCUT2D eigenvalue weighted by Gasteiger charge is 2.12. The van der Waals surface area contributed by atoms with Gasteiger partial charge >= 0.3 is 0 Å². The third-order valence-corrected chi connectivity index (χ3v) is 4.28. The maximum atomic E-state index is 12.6. The molecule has 3 aromatic carbocycles. The molecule has 0 unspecified atom stereocenters. The van der Waals surface area contributed by atoms with Crippen molar-refractivity contribution >= 4 is 22.7 Å². The summed E-state index contributed by atoms with van der Waals surface area (Å²) in [4.78, 5) is 17.2. The molecule has 1 aromatic heterocycles. The summed E-state index contributed by atoms with van der Waals surface area (Å²) in [5, 5.41) is 2.87. The molecule has 0 aliphatic rings. The number of carbonyl (C=O) groups is 1. The third kappa shape index (κ3) is 3.53. The SMILES string of the molecule is COc1cc(OC)cc(C(=O)Nc2ccc3oc(-c4ccccc4)nc3c2)c1. The molecule has 0 bridgehead atoms. The van der Waals surface area contributed by atoms with Crippen molar-refractivity contribution < 1.29 is 18.7 Å². The van der Waals surface area contributed by atoms with Crippen LogP contribution in [0.25, 0.3) is 22.6 Å². The molecule has 0 atom stereocenters. The molecular formula is C22H18N2O4. The lowest BCUT2D eigenvalue weighted by Gasteiger charge is -2.09. The summed E-state index contributed by atoms with van der Waals surface area (Å²) >= 11 is 0. The number of hydrogen-bond donors (Lipinski definition) is 1. The number of fused-ring (bicyclic) bond motifs is 1. The van der Waals surface area contributed by atoms with Crippen molar-refractivity contribution in [2.24, 2.45) is 0 Å². The molecule has 6 heteroatoms. The highest BCUT2D eigenvalue weighted by atomic mass is 16.5. The quantitative estimate of drug-likeness (QED) is 0.545. The number of nitrogens with one attached hydrogen (secondary N) is 1. The Labute approximate surface area is 161 Å². The van der Waals surface area contributed by atoms with Crippen molar-refractivity contribution in [2.45, 2.75) is 0 Å². The van der Waals surface area contributed by atoms with Gasteiger partial charge in [0.05, 0.1) is 14.2 Å². The van der Waals surface area contributed by atoms with E-state index in [4.69, 9.17) is 13.9 Å². The molecule has 0 saturated carbocycles. The summed E-state index contributed by atoms with van der Waals surface area (Å²) in [6.07, 6.45) is 0. The molecule has 0 aliphatic carbocycles. The number of ether oxygens (including phenoxy) is 2. The minimum atomic E-state index is -0.275. The minimum Gasteiger partial charge on any atom is -0.497 e. The van der Waals surface area contributed by atoms with Gasteiger partial charge in [0.1, 0.15) is 17.0 Å². The summed E-state index contributed by atoms with van der Waals surface area (Å²) in [6.45, 7) is 0. The molecule has 1 amide bonds. The number of methoxy groups -OCH3 is 2. The average molecular weight is 374 g/mol. The summed E-state index contributed by atoms with van der Waals surface area (Å²) in [5.74, 6) is 1.35. The van der Waals surface area contributed by atoms with Gasteiger partial charge in [0.25, 0.3) is 5.91 Å². The Hall–Kier alpha value is -3.80. The van der Waals surface area contributed by atoms with Gasteiger partial charge in [-0.2, -0.15) is 0 Å². The number of amides is 1. The minimum absolute atomic E-state index is 0.275. The molecule has 4 aromatic rings. The first-order valence-electron chi connectivity index (χ1n) is 8.67. The molecule has 1 N–H and O–H groups in total. The van der Waals surface area contributed by atoms with E-state index in [0.717, 1.165) is 5.56 Å². The second-order valence-corrected chi connectivity index (χ2v) is 6.12. The zero-order valence-corrected chi connectivity index (χ0v) is 15.4.